The number of halogens is 1. The van der Waals surface area contributed by atoms with E-state index in [0.717, 1.165) is 36.0 Å². The summed E-state index contributed by atoms with van der Waals surface area (Å²) in [7, 11) is -3.12. The molecule has 0 aromatic carbocycles. The second kappa shape index (κ2) is 11.0. The number of nitrogens with zero attached hydrogens (tertiary/aromatic N) is 1. The fourth-order valence-corrected chi connectivity index (χ4v) is 3.61. The molecule has 0 aliphatic carbocycles. The molecule has 2 unspecified atom stereocenters. The minimum absolute atomic E-state index is 0.00951. The molecular weight excluding hydrogens is 386 g/mol. The molecule has 0 aromatic rings. The van der Waals surface area contributed by atoms with Crippen LogP contribution in [-0.2, 0) is 9.84 Å². The molecule has 0 saturated heterocycles. The Morgan fingerprint density at radius 3 is 2.33 bits per heavy atom. The first-order valence-electron chi connectivity index (χ1n) is 8.50. The Kier molecular flexibility index (Phi) is 10.7. The molecule has 0 bridgehead atoms. The highest BCUT2D eigenvalue weighted by atomic mass is 79.9. The maximum absolute atomic E-state index is 11.8. The fraction of sp³-hybridized carbons (Fsp3) is 0.632. The summed E-state index contributed by atoms with van der Waals surface area (Å²) in [5, 5.41) is 0. The predicted octanol–water partition coefficient (Wildman–Crippen LogP) is 5.49. The summed E-state index contributed by atoms with van der Waals surface area (Å²) in [5.41, 5.74) is 2.38. The van der Waals surface area contributed by atoms with Crippen molar-refractivity contribution in [2.45, 2.75) is 59.9 Å². The van der Waals surface area contributed by atoms with Gasteiger partial charge in [0.25, 0.3) is 0 Å². The lowest BCUT2D eigenvalue weighted by Gasteiger charge is -2.13. The van der Waals surface area contributed by atoms with E-state index < -0.39 is 9.84 Å². The minimum Gasteiger partial charge on any atom is -0.274 e. The van der Waals surface area contributed by atoms with Crippen molar-refractivity contribution in [3.63, 3.8) is 0 Å². The van der Waals surface area contributed by atoms with Crippen molar-refractivity contribution in [3.8, 4) is 0 Å². The molecule has 0 aromatic heterocycles. The molecule has 0 aliphatic heterocycles. The third-order valence-corrected chi connectivity index (χ3v) is 5.43. The van der Waals surface area contributed by atoms with Gasteiger partial charge in [0, 0.05) is 17.9 Å². The normalized spacial score (nSPS) is 16.9. The van der Waals surface area contributed by atoms with E-state index in [1.54, 1.807) is 0 Å². The van der Waals surface area contributed by atoms with Crippen molar-refractivity contribution >= 4 is 30.4 Å². The van der Waals surface area contributed by atoms with Gasteiger partial charge in [-0.05, 0) is 53.3 Å². The van der Waals surface area contributed by atoms with Crippen LogP contribution in [0.25, 0.3) is 0 Å². The van der Waals surface area contributed by atoms with Crippen LogP contribution in [0.15, 0.2) is 40.4 Å². The summed E-state index contributed by atoms with van der Waals surface area (Å²) >= 11 is 3.50. The summed E-state index contributed by atoms with van der Waals surface area (Å²) in [6.45, 7) is 14.4. The first-order valence-corrected chi connectivity index (χ1v) is 11.4. The Labute approximate surface area is 157 Å². The topological polar surface area (TPSA) is 46.5 Å². The van der Waals surface area contributed by atoms with E-state index in [1.165, 1.54) is 6.26 Å². The van der Waals surface area contributed by atoms with Gasteiger partial charge in [0.2, 0.25) is 0 Å². The van der Waals surface area contributed by atoms with Gasteiger partial charge in [0.05, 0.1) is 5.75 Å². The van der Waals surface area contributed by atoms with Crippen LogP contribution in [0.2, 0.25) is 0 Å². The average Bonchev–Trinajstić information content (AvgIpc) is 2.48. The quantitative estimate of drug-likeness (QED) is 0.348. The Balaban J connectivity index is 5.66. The van der Waals surface area contributed by atoms with E-state index in [-0.39, 0.29) is 11.8 Å². The van der Waals surface area contributed by atoms with Crippen LogP contribution in [0.1, 0.15) is 53.9 Å². The molecule has 0 fully saturated rings. The highest BCUT2D eigenvalue weighted by Gasteiger charge is 2.13. The Bertz CT molecular complexity index is 615. The van der Waals surface area contributed by atoms with Gasteiger partial charge in [-0.1, -0.05) is 52.3 Å². The van der Waals surface area contributed by atoms with Crippen LogP contribution in [0.4, 0.5) is 0 Å². The summed E-state index contributed by atoms with van der Waals surface area (Å²) in [6, 6.07) is 0.211. The third-order valence-electron chi connectivity index (χ3n) is 3.91. The largest absolute Gasteiger partial charge is 0.274 e. The molecule has 0 spiro atoms. The Hall–Kier alpha value is -0.680. The van der Waals surface area contributed by atoms with Crippen LogP contribution < -0.4 is 0 Å². The van der Waals surface area contributed by atoms with Gasteiger partial charge in [-0.3, -0.25) is 4.99 Å². The lowest BCUT2D eigenvalue weighted by Crippen LogP contribution is -2.09. The zero-order valence-corrected chi connectivity index (χ0v) is 18.3. The van der Waals surface area contributed by atoms with Gasteiger partial charge in [0.15, 0.2) is 9.84 Å². The number of allylic oxidation sites excluding steroid dienone is 4. The number of rotatable bonds is 10. The van der Waals surface area contributed by atoms with E-state index in [9.17, 15) is 8.42 Å². The SMILES string of the molecule is C=C(C(Br)=NC(C)CCC)/C(C)=C(\C=C/C(C)CC)CS(C)(=O)=O. The lowest BCUT2D eigenvalue weighted by atomic mass is 10.0. The molecule has 0 radical (unpaired) electrons. The highest BCUT2D eigenvalue weighted by molar-refractivity contribution is 9.18. The number of hydrogen-bond donors (Lipinski definition) is 0. The maximum atomic E-state index is 11.8. The van der Waals surface area contributed by atoms with Crippen LogP contribution in [0.5, 0.6) is 0 Å². The predicted molar refractivity (Wildman–Crippen MR) is 111 cm³/mol. The van der Waals surface area contributed by atoms with E-state index in [0.29, 0.717) is 10.5 Å². The van der Waals surface area contributed by atoms with E-state index in [4.69, 9.17) is 0 Å². The van der Waals surface area contributed by atoms with Crippen LogP contribution in [0.3, 0.4) is 0 Å². The molecule has 0 amide bonds. The van der Waals surface area contributed by atoms with Crippen LogP contribution in [-0.4, -0.2) is 31.1 Å². The second-order valence-electron chi connectivity index (χ2n) is 6.50. The summed E-state index contributed by atoms with van der Waals surface area (Å²) in [5.74, 6) is 0.414. The van der Waals surface area contributed by atoms with E-state index in [1.807, 2.05) is 13.0 Å². The van der Waals surface area contributed by atoms with E-state index >= 15 is 0 Å². The van der Waals surface area contributed by atoms with Crippen molar-refractivity contribution < 1.29 is 8.42 Å². The van der Waals surface area contributed by atoms with Crippen molar-refractivity contribution in [1.82, 2.24) is 0 Å². The van der Waals surface area contributed by atoms with E-state index in [2.05, 4.69) is 61.3 Å². The van der Waals surface area contributed by atoms with Gasteiger partial charge < -0.3 is 0 Å². The van der Waals surface area contributed by atoms with Gasteiger partial charge in [-0.15, -0.1) is 0 Å². The third kappa shape index (κ3) is 9.58. The highest BCUT2D eigenvalue weighted by Crippen LogP contribution is 2.21. The van der Waals surface area contributed by atoms with Gasteiger partial charge in [-0.2, -0.15) is 0 Å². The molecule has 0 saturated carbocycles. The summed E-state index contributed by atoms with van der Waals surface area (Å²) < 4.78 is 24.3. The number of sulfone groups is 1. The van der Waals surface area contributed by atoms with Crippen LogP contribution in [0, 0.1) is 5.92 Å². The fourth-order valence-electron chi connectivity index (χ4n) is 2.08. The van der Waals surface area contributed by atoms with Crippen molar-refractivity contribution in [3.05, 3.63) is 35.5 Å². The second-order valence-corrected chi connectivity index (χ2v) is 9.39. The molecular formula is C19H32BrNO2S. The molecule has 0 N–H and O–H groups in total. The van der Waals surface area contributed by atoms with Crippen molar-refractivity contribution in [2.24, 2.45) is 10.9 Å². The lowest BCUT2D eigenvalue weighted by molar-refractivity contribution is 0.604. The van der Waals surface area contributed by atoms with Crippen LogP contribution >= 0.6 is 15.9 Å². The molecule has 3 nitrogen and oxygen atoms in total. The zero-order valence-electron chi connectivity index (χ0n) is 15.9. The first kappa shape index (κ1) is 23.3. The molecule has 24 heavy (non-hydrogen) atoms. The van der Waals surface area contributed by atoms with Gasteiger partial charge in [0.1, 0.15) is 4.62 Å². The average molecular weight is 418 g/mol. The molecule has 0 aliphatic rings. The van der Waals surface area contributed by atoms with Gasteiger partial charge >= 0.3 is 0 Å². The Morgan fingerprint density at radius 2 is 1.88 bits per heavy atom. The molecule has 0 heterocycles. The maximum Gasteiger partial charge on any atom is 0.151 e. The van der Waals surface area contributed by atoms with Crippen molar-refractivity contribution in [2.75, 3.05) is 12.0 Å². The number of hydrogen-bond acceptors (Lipinski definition) is 3. The van der Waals surface area contributed by atoms with Gasteiger partial charge in [-0.25, -0.2) is 8.42 Å². The molecule has 138 valence electrons. The first-order chi connectivity index (χ1) is 11.0. The minimum atomic E-state index is -3.12. The summed E-state index contributed by atoms with van der Waals surface area (Å²) in [4.78, 5) is 4.60. The molecule has 5 heteroatoms. The standard InChI is InChI=1S/C19H32BrNO2S/c1-8-10-15(4)21-19(20)17(6)16(5)18(13-24(7,22)23)12-11-14(3)9-2/h11-12,14-15H,6,8-10,13H2,1-5,7H3/b12-11-,18-16+,21-19?. The smallest absolute Gasteiger partial charge is 0.151 e. The Morgan fingerprint density at radius 1 is 1.29 bits per heavy atom. The number of aliphatic imine (C=N–C) groups is 1. The van der Waals surface area contributed by atoms with Crippen molar-refractivity contribution in [1.29, 1.82) is 0 Å². The summed E-state index contributed by atoms with van der Waals surface area (Å²) in [6.07, 6.45) is 8.33. The monoisotopic (exact) mass is 417 g/mol. The molecule has 2 atom stereocenters. The zero-order chi connectivity index (χ0) is 18.9. The molecule has 0 rings (SSSR count).